The molecule has 5 aliphatic rings. The van der Waals surface area contributed by atoms with Crippen molar-refractivity contribution in [2.75, 3.05) is 13.2 Å². The largest absolute Gasteiger partial charge is 0.479 e. The molecule has 0 aromatic rings. The second kappa shape index (κ2) is 11.9. The molecule has 3 saturated heterocycles. The molecule has 0 aromatic heterocycles. The first-order valence-electron chi connectivity index (χ1n) is 15.0. The Bertz CT molecular complexity index is 1240. The van der Waals surface area contributed by atoms with E-state index in [1.807, 2.05) is 13.8 Å². The van der Waals surface area contributed by atoms with Crippen LogP contribution in [-0.4, -0.2) is 124 Å². The van der Waals surface area contributed by atoms with Gasteiger partial charge in [-0.05, 0) is 18.4 Å². The smallest absolute Gasteiger partial charge is 0.335 e. The molecule has 45 heavy (non-hydrogen) atoms. The van der Waals surface area contributed by atoms with Crippen molar-refractivity contribution < 1.29 is 72.8 Å². The molecule has 252 valence electrons. The maximum atomic E-state index is 12.8. The van der Waals surface area contributed by atoms with Crippen molar-refractivity contribution in [3.63, 3.8) is 0 Å². The first kappa shape index (κ1) is 33.7. The highest BCUT2D eigenvalue weighted by atomic mass is 16.7. The van der Waals surface area contributed by atoms with E-state index < -0.39 is 102 Å². The zero-order chi connectivity index (χ0) is 33.2. The number of fused-ring (bicyclic) bond motifs is 2. The van der Waals surface area contributed by atoms with Gasteiger partial charge in [0.05, 0.1) is 23.5 Å². The van der Waals surface area contributed by atoms with Crippen LogP contribution in [0, 0.1) is 16.7 Å². The van der Waals surface area contributed by atoms with Crippen LogP contribution in [0.3, 0.4) is 0 Å². The van der Waals surface area contributed by atoms with Gasteiger partial charge in [0.25, 0.3) is 0 Å². The number of carboxylic acid groups (broad SMARTS) is 1. The fourth-order valence-electron chi connectivity index (χ4n) is 7.69. The lowest BCUT2D eigenvalue weighted by atomic mass is 9.51. The fourth-order valence-corrected chi connectivity index (χ4v) is 7.69. The predicted molar refractivity (Wildman–Crippen MR) is 147 cm³/mol. The van der Waals surface area contributed by atoms with Crippen molar-refractivity contribution in [3.05, 3.63) is 11.6 Å². The molecule has 3 heterocycles. The maximum absolute atomic E-state index is 12.8. The SMILES string of the molecule is CC(=O)OC[C@]12C[C@H](OC(=O)CC(C)C)C(C)=C[C@H]1O[C@@H]1[C@H](O[C@@H]3O[C@H](C(=O)O)[C@@H](O)[C@H](O)[C@H]3O)[C@@H](OC(C)=O)[C@@]2(C)[C@]12CO2. The summed E-state index contributed by atoms with van der Waals surface area (Å²) in [6.07, 6.45) is -12.4. The number of aliphatic hydroxyl groups is 3. The van der Waals surface area contributed by atoms with E-state index in [4.69, 9.17) is 33.2 Å². The Morgan fingerprint density at radius 3 is 2.24 bits per heavy atom. The number of hydrogen-bond acceptors (Lipinski definition) is 14. The quantitative estimate of drug-likeness (QED) is 0.109. The lowest BCUT2D eigenvalue weighted by molar-refractivity contribution is -0.316. The van der Waals surface area contributed by atoms with E-state index in [2.05, 4.69) is 0 Å². The molecule has 1 spiro atoms. The van der Waals surface area contributed by atoms with Crippen molar-refractivity contribution in [3.8, 4) is 0 Å². The standard InChI is InChI=1S/C30H42O15/c1-12(2)7-18(33)42-16-9-29(10-39-14(4)31)17(8-13(16)3)43-25-23(24(41-15(5)32)28(29,6)30(25)11-40-30)45-27-21(36)19(34)20(35)22(44-27)26(37)38/h8,12,16-17,19-25,27,34-36H,7,9-11H2,1-6H3,(H,37,38)/t16-,17+,19-,20-,21+,22-,23+,24+,25+,27-,28+,29+,30-/m0/s1. The Labute approximate surface area is 259 Å². The fraction of sp³-hybridized carbons (Fsp3) is 0.800. The number of esters is 3. The summed E-state index contributed by atoms with van der Waals surface area (Å²) in [6, 6.07) is 0. The highest BCUT2D eigenvalue weighted by Gasteiger charge is 2.87. The average Bonchev–Trinajstić information content (AvgIpc) is 3.72. The molecular weight excluding hydrogens is 600 g/mol. The number of aliphatic carboxylic acids is 1. The number of carbonyl (C=O) groups is 4. The van der Waals surface area contributed by atoms with Gasteiger partial charge in [0.2, 0.25) is 0 Å². The number of carbonyl (C=O) groups excluding carboxylic acids is 3. The van der Waals surface area contributed by atoms with Gasteiger partial charge in [-0.25, -0.2) is 4.79 Å². The molecule has 0 aromatic carbocycles. The van der Waals surface area contributed by atoms with Gasteiger partial charge in [-0.3, -0.25) is 14.4 Å². The van der Waals surface area contributed by atoms with E-state index in [9.17, 15) is 39.6 Å². The predicted octanol–water partition coefficient (Wildman–Crippen LogP) is -0.391. The minimum atomic E-state index is -1.95. The molecule has 0 radical (unpaired) electrons. The zero-order valence-electron chi connectivity index (χ0n) is 26.0. The van der Waals surface area contributed by atoms with Crippen LogP contribution >= 0.6 is 0 Å². The van der Waals surface area contributed by atoms with Crippen molar-refractivity contribution >= 4 is 23.9 Å². The van der Waals surface area contributed by atoms with Crippen LogP contribution in [0.2, 0.25) is 0 Å². The monoisotopic (exact) mass is 642 g/mol. The second-order valence-electron chi connectivity index (χ2n) is 13.4. The van der Waals surface area contributed by atoms with Gasteiger partial charge in [0, 0.05) is 26.7 Å². The third-order valence-electron chi connectivity index (χ3n) is 10.1. The van der Waals surface area contributed by atoms with Gasteiger partial charge in [0.15, 0.2) is 12.4 Å². The van der Waals surface area contributed by atoms with Crippen LogP contribution in [0.15, 0.2) is 11.6 Å². The minimum Gasteiger partial charge on any atom is -0.479 e. The van der Waals surface area contributed by atoms with Gasteiger partial charge < -0.3 is 53.6 Å². The average molecular weight is 643 g/mol. The number of ether oxygens (including phenoxy) is 7. The first-order valence-corrected chi connectivity index (χ1v) is 15.0. The highest BCUT2D eigenvalue weighted by Crippen LogP contribution is 2.72. The summed E-state index contributed by atoms with van der Waals surface area (Å²) in [5.74, 6) is -3.25. The Morgan fingerprint density at radius 1 is 1.02 bits per heavy atom. The van der Waals surface area contributed by atoms with E-state index in [-0.39, 0.29) is 32.0 Å². The summed E-state index contributed by atoms with van der Waals surface area (Å²) in [5.41, 5.74) is -2.94. The minimum absolute atomic E-state index is 0.0475. The normalized spacial score (nSPS) is 45.0. The molecule has 4 N–H and O–H groups in total. The van der Waals surface area contributed by atoms with E-state index in [1.165, 1.54) is 13.8 Å². The van der Waals surface area contributed by atoms with E-state index in [1.54, 1.807) is 19.9 Å². The van der Waals surface area contributed by atoms with Crippen molar-refractivity contribution in [1.29, 1.82) is 0 Å². The molecule has 0 amide bonds. The highest BCUT2D eigenvalue weighted by molar-refractivity contribution is 5.73. The third kappa shape index (κ3) is 5.35. The summed E-state index contributed by atoms with van der Waals surface area (Å²) in [5, 5.41) is 40.9. The van der Waals surface area contributed by atoms with Crippen LogP contribution in [0.4, 0.5) is 0 Å². The van der Waals surface area contributed by atoms with Crippen molar-refractivity contribution in [2.45, 2.75) is 121 Å². The van der Waals surface area contributed by atoms with Crippen molar-refractivity contribution in [2.24, 2.45) is 16.7 Å². The second-order valence-corrected chi connectivity index (χ2v) is 13.4. The molecule has 2 bridgehead atoms. The van der Waals surface area contributed by atoms with E-state index >= 15 is 0 Å². The topological polar surface area (TPSA) is 217 Å². The number of carboxylic acids is 1. The van der Waals surface area contributed by atoms with Gasteiger partial charge >= 0.3 is 23.9 Å². The lowest BCUT2D eigenvalue weighted by Crippen LogP contribution is -2.68. The Kier molecular flexibility index (Phi) is 8.87. The molecular formula is C30H42O15. The van der Waals surface area contributed by atoms with Gasteiger partial charge in [-0.15, -0.1) is 0 Å². The van der Waals surface area contributed by atoms with E-state index in [0.29, 0.717) is 5.57 Å². The van der Waals surface area contributed by atoms with Crippen LogP contribution < -0.4 is 0 Å². The molecule has 0 unspecified atom stereocenters. The molecule has 1 saturated carbocycles. The molecule has 15 nitrogen and oxygen atoms in total. The van der Waals surface area contributed by atoms with Crippen LogP contribution in [0.1, 0.15) is 54.4 Å². The van der Waals surface area contributed by atoms with Crippen molar-refractivity contribution in [1.82, 2.24) is 0 Å². The van der Waals surface area contributed by atoms with Gasteiger partial charge in [-0.2, -0.15) is 0 Å². The van der Waals surface area contributed by atoms with E-state index in [0.717, 1.165) is 0 Å². The first-order chi connectivity index (χ1) is 21.0. The Morgan fingerprint density at radius 2 is 1.69 bits per heavy atom. The molecule has 15 heteroatoms. The summed E-state index contributed by atoms with van der Waals surface area (Å²) in [7, 11) is 0. The Balaban J connectivity index is 1.58. The molecule has 5 rings (SSSR count). The van der Waals surface area contributed by atoms with Crippen LogP contribution in [-0.2, 0) is 52.3 Å². The number of hydrogen-bond donors (Lipinski definition) is 4. The van der Waals surface area contributed by atoms with Gasteiger partial charge in [0.1, 0.15) is 54.9 Å². The maximum Gasteiger partial charge on any atom is 0.335 e. The van der Waals surface area contributed by atoms with Gasteiger partial charge in [-0.1, -0.05) is 26.8 Å². The lowest BCUT2D eigenvalue weighted by Gasteiger charge is -2.58. The van der Waals surface area contributed by atoms with Crippen LogP contribution in [0.25, 0.3) is 0 Å². The summed E-state index contributed by atoms with van der Waals surface area (Å²) >= 11 is 0. The Hall–Kier alpha value is -2.66. The third-order valence-corrected chi connectivity index (χ3v) is 10.1. The number of rotatable bonds is 9. The zero-order valence-corrected chi connectivity index (χ0v) is 26.0. The number of epoxide rings is 1. The van der Waals surface area contributed by atoms with Crippen LogP contribution in [0.5, 0.6) is 0 Å². The molecule has 3 aliphatic heterocycles. The molecule has 2 aliphatic carbocycles. The number of aliphatic hydroxyl groups excluding tert-OH is 3. The summed E-state index contributed by atoms with van der Waals surface area (Å²) in [6.45, 7) is 9.68. The molecule has 4 fully saturated rings. The summed E-state index contributed by atoms with van der Waals surface area (Å²) in [4.78, 5) is 49.4. The summed E-state index contributed by atoms with van der Waals surface area (Å²) < 4.78 is 41.8. The molecule has 13 atom stereocenters.